The number of aliphatic hydroxyl groups excluding tert-OH is 1. The summed E-state index contributed by atoms with van der Waals surface area (Å²) < 4.78 is 18.7. The Kier molecular flexibility index (Phi) is 3.88. The van der Waals surface area contributed by atoms with Gasteiger partial charge in [0.1, 0.15) is 0 Å². The summed E-state index contributed by atoms with van der Waals surface area (Å²) in [5.41, 5.74) is -0.0276. The largest absolute Gasteiger partial charge is 0.394 e. The summed E-state index contributed by atoms with van der Waals surface area (Å²) in [7, 11) is 1.56. The lowest BCUT2D eigenvalue weighted by Crippen LogP contribution is -2.38. The van der Waals surface area contributed by atoms with Crippen LogP contribution in [0.2, 0.25) is 0 Å². The van der Waals surface area contributed by atoms with Gasteiger partial charge in [-0.3, -0.25) is 9.78 Å². The molecule has 2 rings (SSSR count). The van der Waals surface area contributed by atoms with Gasteiger partial charge in [-0.15, -0.1) is 0 Å². The van der Waals surface area contributed by atoms with Crippen LogP contribution in [0.3, 0.4) is 0 Å². The topological polar surface area (TPSA) is 62.7 Å². The number of amides is 1. The Labute approximate surface area is 104 Å². The number of halogens is 1. The lowest BCUT2D eigenvalue weighted by Gasteiger charge is -2.22. The van der Waals surface area contributed by atoms with E-state index in [-0.39, 0.29) is 24.3 Å². The summed E-state index contributed by atoms with van der Waals surface area (Å²) in [6.45, 7) is 0.209. The highest BCUT2D eigenvalue weighted by Crippen LogP contribution is 2.22. The highest BCUT2D eigenvalue weighted by atomic mass is 19.1. The molecule has 1 aliphatic rings. The van der Waals surface area contributed by atoms with Gasteiger partial charge in [-0.05, 0) is 12.5 Å². The number of hydrogen-bond donors (Lipinski definition) is 1. The molecule has 1 fully saturated rings. The molecule has 1 aromatic heterocycles. The Morgan fingerprint density at radius 2 is 2.50 bits per heavy atom. The molecule has 0 unspecified atom stereocenters. The van der Waals surface area contributed by atoms with Crippen LogP contribution < -0.4 is 0 Å². The third-order valence-electron chi connectivity index (χ3n) is 3.18. The van der Waals surface area contributed by atoms with Crippen molar-refractivity contribution in [2.24, 2.45) is 0 Å². The second-order valence-corrected chi connectivity index (χ2v) is 4.24. The average Bonchev–Trinajstić information content (AvgIpc) is 2.82. The Bertz CT molecular complexity index is 441. The zero-order chi connectivity index (χ0) is 13.1. The normalized spacial score (nSPS) is 23.4. The van der Waals surface area contributed by atoms with Crippen LogP contribution in [-0.2, 0) is 4.74 Å². The summed E-state index contributed by atoms with van der Waals surface area (Å²) in [6.07, 6.45) is 2.82. The Balaban J connectivity index is 2.21. The van der Waals surface area contributed by atoms with Gasteiger partial charge in [0.05, 0.1) is 30.5 Å². The van der Waals surface area contributed by atoms with E-state index in [4.69, 9.17) is 4.74 Å². The quantitative estimate of drug-likeness (QED) is 0.850. The van der Waals surface area contributed by atoms with E-state index in [1.165, 1.54) is 17.2 Å². The maximum Gasteiger partial charge on any atom is 0.257 e. The van der Waals surface area contributed by atoms with E-state index in [2.05, 4.69) is 4.98 Å². The first-order valence-corrected chi connectivity index (χ1v) is 5.71. The number of carbonyl (C=O) groups is 1. The van der Waals surface area contributed by atoms with Crippen molar-refractivity contribution >= 4 is 5.91 Å². The van der Waals surface area contributed by atoms with Crippen LogP contribution in [0.25, 0.3) is 0 Å². The number of aliphatic hydroxyl groups is 1. The van der Waals surface area contributed by atoms with Crippen molar-refractivity contribution in [3.63, 3.8) is 0 Å². The lowest BCUT2D eigenvalue weighted by atomic mass is 10.2. The van der Waals surface area contributed by atoms with Crippen LogP contribution in [0.5, 0.6) is 0 Å². The van der Waals surface area contributed by atoms with Crippen LogP contribution in [0.4, 0.5) is 4.39 Å². The molecule has 18 heavy (non-hydrogen) atoms. The molecule has 0 aliphatic carbocycles. The standard InChI is InChI=1S/C12H15FN2O3/c1-18-9-4-8(7-16)15(6-9)12(17)10-2-3-14-5-11(10)13/h2-3,5,8-9,16H,4,6-7H2,1H3/t8-,9-/m0/s1. The van der Waals surface area contributed by atoms with Crippen molar-refractivity contribution < 1.29 is 19.0 Å². The number of nitrogens with zero attached hydrogens (tertiary/aromatic N) is 2. The third kappa shape index (κ3) is 2.34. The molecule has 98 valence electrons. The lowest BCUT2D eigenvalue weighted by molar-refractivity contribution is 0.0643. The maximum atomic E-state index is 13.5. The Morgan fingerprint density at radius 3 is 3.11 bits per heavy atom. The first-order chi connectivity index (χ1) is 8.67. The Morgan fingerprint density at radius 1 is 1.72 bits per heavy atom. The molecule has 0 bridgehead atoms. The van der Waals surface area contributed by atoms with Gasteiger partial charge in [-0.25, -0.2) is 4.39 Å². The number of rotatable bonds is 3. The van der Waals surface area contributed by atoms with Crippen LogP contribution in [-0.4, -0.2) is 53.3 Å². The highest BCUT2D eigenvalue weighted by molar-refractivity contribution is 5.94. The van der Waals surface area contributed by atoms with Crippen molar-refractivity contribution in [3.05, 3.63) is 29.8 Å². The monoisotopic (exact) mass is 254 g/mol. The van der Waals surface area contributed by atoms with Gasteiger partial charge in [0.25, 0.3) is 5.91 Å². The molecule has 0 radical (unpaired) electrons. The molecule has 5 nitrogen and oxygen atoms in total. The zero-order valence-electron chi connectivity index (χ0n) is 10.0. The number of pyridine rings is 1. The number of likely N-dealkylation sites (tertiary alicyclic amines) is 1. The number of methoxy groups -OCH3 is 1. The van der Waals surface area contributed by atoms with E-state index in [9.17, 15) is 14.3 Å². The second-order valence-electron chi connectivity index (χ2n) is 4.24. The summed E-state index contributed by atoms with van der Waals surface area (Å²) in [5, 5.41) is 9.26. The number of carbonyl (C=O) groups excluding carboxylic acids is 1. The molecule has 6 heteroatoms. The molecular weight excluding hydrogens is 239 g/mol. The summed E-state index contributed by atoms with van der Waals surface area (Å²) in [4.78, 5) is 17.2. The number of hydrogen-bond acceptors (Lipinski definition) is 4. The molecule has 1 aliphatic heterocycles. The first-order valence-electron chi connectivity index (χ1n) is 5.71. The smallest absolute Gasteiger partial charge is 0.257 e. The van der Waals surface area contributed by atoms with Crippen molar-refractivity contribution in [1.82, 2.24) is 9.88 Å². The van der Waals surface area contributed by atoms with Gasteiger partial charge in [-0.1, -0.05) is 0 Å². The Hall–Kier alpha value is -1.53. The maximum absolute atomic E-state index is 13.5. The molecule has 1 saturated heterocycles. The molecule has 0 spiro atoms. The molecule has 1 aromatic rings. The number of aromatic nitrogens is 1. The van der Waals surface area contributed by atoms with Crippen LogP contribution in [0, 0.1) is 5.82 Å². The molecule has 0 aromatic carbocycles. The fourth-order valence-corrected chi connectivity index (χ4v) is 2.17. The molecule has 0 saturated carbocycles. The van der Waals surface area contributed by atoms with Crippen LogP contribution >= 0.6 is 0 Å². The van der Waals surface area contributed by atoms with Gasteiger partial charge in [0, 0.05) is 19.9 Å². The highest BCUT2D eigenvalue weighted by Gasteiger charge is 2.36. The average molecular weight is 254 g/mol. The zero-order valence-corrected chi connectivity index (χ0v) is 10.0. The van der Waals surface area contributed by atoms with Gasteiger partial charge in [-0.2, -0.15) is 0 Å². The SMILES string of the molecule is CO[C@H]1C[C@@H](CO)N(C(=O)c2ccncc2F)C1. The molecule has 2 atom stereocenters. The van der Waals surface area contributed by atoms with Crippen LogP contribution in [0.1, 0.15) is 16.8 Å². The molecule has 1 amide bonds. The van der Waals surface area contributed by atoms with E-state index in [0.717, 1.165) is 6.20 Å². The van der Waals surface area contributed by atoms with Crippen LogP contribution in [0.15, 0.2) is 18.5 Å². The second kappa shape index (κ2) is 5.41. The van der Waals surface area contributed by atoms with E-state index in [1.54, 1.807) is 7.11 Å². The van der Waals surface area contributed by atoms with Gasteiger partial charge < -0.3 is 14.7 Å². The van der Waals surface area contributed by atoms with E-state index in [1.807, 2.05) is 0 Å². The fourth-order valence-electron chi connectivity index (χ4n) is 2.17. The van der Waals surface area contributed by atoms with E-state index >= 15 is 0 Å². The van der Waals surface area contributed by atoms with E-state index in [0.29, 0.717) is 13.0 Å². The summed E-state index contributed by atoms with van der Waals surface area (Å²) >= 11 is 0. The fraction of sp³-hybridized carbons (Fsp3) is 0.500. The molecule has 2 heterocycles. The minimum absolute atomic E-state index is 0.0276. The van der Waals surface area contributed by atoms with Crippen molar-refractivity contribution in [1.29, 1.82) is 0 Å². The minimum atomic E-state index is -0.653. The molecule has 1 N–H and O–H groups in total. The third-order valence-corrected chi connectivity index (χ3v) is 3.18. The van der Waals surface area contributed by atoms with Gasteiger partial charge >= 0.3 is 0 Å². The number of ether oxygens (including phenoxy) is 1. The molecular formula is C12H15FN2O3. The van der Waals surface area contributed by atoms with Crippen molar-refractivity contribution in [2.45, 2.75) is 18.6 Å². The predicted molar refractivity (Wildman–Crippen MR) is 61.5 cm³/mol. The van der Waals surface area contributed by atoms with Gasteiger partial charge in [0.2, 0.25) is 0 Å². The summed E-state index contributed by atoms with van der Waals surface area (Å²) in [6, 6.07) is 1.02. The van der Waals surface area contributed by atoms with Crippen molar-refractivity contribution in [3.8, 4) is 0 Å². The predicted octanol–water partition coefficient (Wildman–Crippen LogP) is 0.442. The first kappa shape index (κ1) is 12.9. The van der Waals surface area contributed by atoms with E-state index < -0.39 is 11.7 Å². The minimum Gasteiger partial charge on any atom is -0.394 e. The summed E-state index contributed by atoms with van der Waals surface area (Å²) in [5.74, 6) is -1.09. The van der Waals surface area contributed by atoms with Crippen molar-refractivity contribution in [2.75, 3.05) is 20.3 Å². The van der Waals surface area contributed by atoms with Gasteiger partial charge in [0.15, 0.2) is 5.82 Å².